The highest BCUT2D eigenvalue weighted by Crippen LogP contribution is 2.25. The Kier molecular flexibility index (Phi) is 4.03. The van der Waals surface area contributed by atoms with Crippen molar-refractivity contribution < 1.29 is 4.79 Å². The smallest absolute Gasteiger partial charge is 0.223 e. The van der Waals surface area contributed by atoms with Gasteiger partial charge >= 0.3 is 0 Å². The van der Waals surface area contributed by atoms with Gasteiger partial charge in [-0.15, -0.1) is 0 Å². The first-order valence-electron chi connectivity index (χ1n) is 6.11. The zero-order valence-electron chi connectivity index (χ0n) is 11.3. The molecule has 100 valence electrons. The molecule has 0 aromatic heterocycles. The first-order valence-corrected chi connectivity index (χ1v) is 6.11. The van der Waals surface area contributed by atoms with Crippen molar-refractivity contribution in [1.29, 1.82) is 0 Å². The predicted molar refractivity (Wildman–Crippen MR) is 79.8 cm³/mol. The van der Waals surface area contributed by atoms with Gasteiger partial charge in [-0.2, -0.15) is 0 Å². The van der Waals surface area contributed by atoms with E-state index in [-0.39, 0.29) is 5.91 Å². The highest BCUT2D eigenvalue weighted by molar-refractivity contribution is 5.91. The van der Waals surface area contributed by atoms with Gasteiger partial charge in [0.25, 0.3) is 0 Å². The van der Waals surface area contributed by atoms with Crippen molar-refractivity contribution >= 4 is 17.3 Å². The van der Waals surface area contributed by atoms with Gasteiger partial charge in [0.1, 0.15) is 0 Å². The third-order valence-electron chi connectivity index (χ3n) is 3.09. The van der Waals surface area contributed by atoms with Crippen LogP contribution < -0.4 is 4.90 Å². The molecule has 5 heteroatoms. The van der Waals surface area contributed by atoms with Crippen LogP contribution in [0.25, 0.3) is 21.6 Å². The molecule has 0 N–H and O–H groups in total. The van der Waals surface area contributed by atoms with E-state index in [2.05, 4.69) is 10.0 Å². The summed E-state index contributed by atoms with van der Waals surface area (Å²) in [6, 6.07) is 15.0. The highest BCUT2D eigenvalue weighted by atomic mass is 16.2. The number of hydrogen-bond donors (Lipinski definition) is 0. The molecule has 2 aromatic rings. The number of nitrogens with zero attached hydrogens (tertiary/aromatic N) is 4. The zero-order chi connectivity index (χ0) is 14.5. The maximum Gasteiger partial charge on any atom is 0.223 e. The molecule has 5 nitrogen and oxygen atoms in total. The van der Waals surface area contributed by atoms with Gasteiger partial charge in [0.2, 0.25) is 5.91 Å². The van der Waals surface area contributed by atoms with Gasteiger partial charge in [-0.3, -0.25) is 4.79 Å². The molecule has 0 aliphatic heterocycles. The van der Waals surface area contributed by atoms with Crippen LogP contribution in [0.2, 0.25) is 0 Å². The molecule has 2 rings (SSSR count). The van der Waals surface area contributed by atoms with Crippen LogP contribution in [0.4, 0.5) is 11.4 Å². The number of carbonyl (C=O) groups is 1. The summed E-state index contributed by atoms with van der Waals surface area (Å²) >= 11 is 0. The first kappa shape index (κ1) is 13.6. The van der Waals surface area contributed by atoms with E-state index >= 15 is 0 Å². The second kappa shape index (κ2) is 5.91. The SMILES string of the molecule is CC(=O)N(C)c1ccc(-c2ccc(N=[N+]=[N-])cc2)cc1. The fraction of sp³-hybridized carbons (Fsp3) is 0.133. The molecule has 0 bridgehead atoms. The van der Waals surface area contributed by atoms with Crippen LogP contribution in [-0.4, -0.2) is 13.0 Å². The third-order valence-corrected chi connectivity index (χ3v) is 3.09. The fourth-order valence-electron chi connectivity index (χ4n) is 1.83. The van der Waals surface area contributed by atoms with Gasteiger partial charge in [0, 0.05) is 30.3 Å². The number of carbonyl (C=O) groups excluding carboxylic acids is 1. The minimum Gasteiger partial charge on any atom is -0.316 e. The van der Waals surface area contributed by atoms with E-state index in [1.165, 1.54) is 6.92 Å². The van der Waals surface area contributed by atoms with Crippen LogP contribution in [0.3, 0.4) is 0 Å². The average Bonchev–Trinajstić information content (AvgIpc) is 2.48. The van der Waals surface area contributed by atoms with E-state index in [9.17, 15) is 4.79 Å². The average molecular weight is 266 g/mol. The number of benzene rings is 2. The molecule has 0 spiro atoms. The lowest BCUT2D eigenvalue weighted by Gasteiger charge is -2.15. The standard InChI is InChI=1S/C15H14N4O/c1-11(20)19(2)15-9-5-13(6-10-15)12-3-7-14(8-4-12)17-18-16/h3-10H,1-2H3. The molecule has 0 saturated heterocycles. The van der Waals surface area contributed by atoms with Crippen molar-refractivity contribution in [1.82, 2.24) is 0 Å². The summed E-state index contributed by atoms with van der Waals surface area (Å²) in [6.45, 7) is 1.53. The summed E-state index contributed by atoms with van der Waals surface area (Å²) < 4.78 is 0. The summed E-state index contributed by atoms with van der Waals surface area (Å²) in [6.07, 6.45) is 0. The van der Waals surface area contributed by atoms with E-state index < -0.39 is 0 Å². The second-order valence-corrected chi connectivity index (χ2v) is 4.36. The van der Waals surface area contributed by atoms with Gasteiger partial charge in [-0.1, -0.05) is 41.5 Å². The Morgan fingerprint density at radius 2 is 1.55 bits per heavy atom. The molecule has 0 saturated carbocycles. The number of rotatable bonds is 3. The van der Waals surface area contributed by atoms with Gasteiger partial charge < -0.3 is 4.90 Å². The number of azide groups is 1. The van der Waals surface area contributed by atoms with Gasteiger partial charge in [0.05, 0.1) is 0 Å². The minimum atomic E-state index is -0.00327. The molecular weight excluding hydrogens is 252 g/mol. The molecule has 0 heterocycles. The van der Waals surface area contributed by atoms with E-state index in [0.717, 1.165) is 16.8 Å². The lowest BCUT2D eigenvalue weighted by molar-refractivity contribution is -0.116. The van der Waals surface area contributed by atoms with Crippen LogP contribution in [0, 0.1) is 0 Å². The monoisotopic (exact) mass is 266 g/mol. The maximum absolute atomic E-state index is 11.3. The summed E-state index contributed by atoms with van der Waals surface area (Å²) in [7, 11) is 1.74. The summed E-state index contributed by atoms with van der Waals surface area (Å²) in [5, 5.41) is 3.53. The molecule has 0 aliphatic rings. The van der Waals surface area contributed by atoms with Crippen molar-refractivity contribution in [3.05, 3.63) is 59.0 Å². The summed E-state index contributed by atoms with van der Waals surface area (Å²) in [5.74, 6) is -0.00327. The molecule has 1 amide bonds. The second-order valence-electron chi connectivity index (χ2n) is 4.36. The van der Waals surface area contributed by atoms with Gasteiger partial charge in [-0.05, 0) is 28.8 Å². The molecule has 20 heavy (non-hydrogen) atoms. The lowest BCUT2D eigenvalue weighted by atomic mass is 10.0. The fourth-order valence-corrected chi connectivity index (χ4v) is 1.83. The Labute approximate surface area is 117 Å². The van der Waals surface area contributed by atoms with Crippen molar-refractivity contribution in [2.24, 2.45) is 5.11 Å². The predicted octanol–water partition coefficient (Wildman–Crippen LogP) is 4.28. The van der Waals surface area contributed by atoms with Crippen LogP contribution in [-0.2, 0) is 4.79 Å². The van der Waals surface area contributed by atoms with Crippen LogP contribution in [0.15, 0.2) is 53.6 Å². The Bertz CT molecular complexity index is 655. The maximum atomic E-state index is 11.3. The van der Waals surface area contributed by atoms with Crippen LogP contribution >= 0.6 is 0 Å². The van der Waals surface area contributed by atoms with E-state index in [0.29, 0.717) is 5.69 Å². The minimum absolute atomic E-state index is 0.00327. The van der Waals surface area contributed by atoms with E-state index in [1.807, 2.05) is 36.4 Å². The van der Waals surface area contributed by atoms with Crippen LogP contribution in [0.1, 0.15) is 6.92 Å². The third kappa shape index (κ3) is 2.96. The van der Waals surface area contributed by atoms with Gasteiger partial charge in [-0.25, -0.2) is 0 Å². The van der Waals surface area contributed by atoms with Crippen molar-refractivity contribution in [3.8, 4) is 11.1 Å². The van der Waals surface area contributed by atoms with Crippen molar-refractivity contribution in [2.75, 3.05) is 11.9 Å². The zero-order valence-corrected chi connectivity index (χ0v) is 11.3. The van der Waals surface area contributed by atoms with Gasteiger partial charge in [0.15, 0.2) is 0 Å². The molecule has 0 unspecified atom stereocenters. The Morgan fingerprint density at radius 3 is 2.00 bits per heavy atom. The van der Waals surface area contributed by atoms with E-state index in [1.54, 1.807) is 24.1 Å². The number of hydrogen-bond acceptors (Lipinski definition) is 2. The summed E-state index contributed by atoms with van der Waals surface area (Å²) in [5.41, 5.74) is 11.9. The molecular formula is C15H14N4O. The topological polar surface area (TPSA) is 69.1 Å². The van der Waals surface area contributed by atoms with Crippen molar-refractivity contribution in [3.63, 3.8) is 0 Å². The quantitative estimate of drug-likeness (QED) is 0.464. The van der Waals surface area contributed by atoms with Crippen LogP contribution in [0.5, 0.6) is 0 Å². The normalized spacial score (nSPS) is 9.70. The largest absolute Gasteiger partial charge is 0.316 e. The molecule has 0 fully saturated rings. The lowest BCUT2D eigenvalue weighted by Crippen LogP contribution is -2.22. The first-order chi connectivity index (χ1) is 9.61. The highest BCUT2D eigenvalue weighted by Gasteiger charge is 2.05. The molecule has 0 aliphatic carbocycles. The van der Waals surface area contributed by atoms with E-state index in [4.69, 9.17) is 5.53 Å². The molecule has 2 aromatic carbocycles. The van der Waals surface area contributed by atoms with Crippen molar-refractivity contribution in [2.45, 2.75) is 6.92 Å². The number of amides is 1. The summed E-state index contributed by atoms with van der Waals surface area (Å²) in [4.78, 5) is 15.6. The molecule has 0 atom stereocenters. The Hall–Kier alpha value is -2.78. The Balaban J connectivity index is 2.25. The molecule has 0 radical (unpaired) electrons. The Morgan fingerprint density at radius 1 is 1.05 bits per heavy atom. The number of anilines is 1.